The van der Waals surface area contributed by atoms with Gasteiger partial charge >= 0.3 is 0 Å². The first-order valence-electron chi connectivity index (χ1n) is 8.69. The van der Waals surface area contributed by atoms with E-state index in [1.807, 2.05) is 43.3 Å². The fourth-order valence-corrected chi connectivity index (χ4v) is 3.33. The summed E-state index contributed by atoms with van der Waals surface area (Å²) in [4.78, 5) is 30.6. The van der Waals surface area contributed by atoms with Crippen molar-refractivity contribution in [2.45, 2.75) is 19.8 Å². The van der Waals surface area contributed by atoms with Crippen LogP contribution < -0.4 is 10.2 Å². The van der Waals surface area contributed by atoms with E-state index in [4.69, 9.17) is 0 Å². The molecule has 1 saturated heterocycles. The average molecular weight is 345 g/mol. The summed E-state index contributed by atoms with van der Waals surface area (Å²) in [5.41, 5.74) is 4.08. The predicted octanol–water partition coefficient (Wildman–Crippen LogP) is 3.92. The number of nitrogens with zero attached hydrogens (tertiary/aromatic N) is 2. The van der Waals surface area contributed by atoms with E-state index in [9.17, 15) is 9.59 Å². The van der Waals surface area contributed by atoms with Gasteiger partial charge in [-0.05, 0) is 61.4 Å². The van der Waals surface area contributed by atoms with Gasteiger partial charge in [0.05, 0.1) is 11.2 Å². The summed E-state index contributed by atoms with van der Waals surface area (Å²) >= 11 is 0. The third-order valence-electron chi connectivity index (χ3n) is 4.73. The van der Waals surface area contributed by atoms with Gasteiger partial charge in [0.15, 0.2) is 0 Å². The number of carbonyl (C=O) groups is 2. The molecular weight excluding hydrogens is 326 g/mol. The lowest BCUT2D eigenvalue weighted by Crippen LogP contribution is -2.23. The van der Waals surface area contributed by atoms with Gasteiger partial charge in [0.25, 0.3) is 5.91 Å². The SMILES string of the molecule is Cc1ccc(NC(=O)c2ccc(N3CCCC3=O)cc2)c2cccnc12. The largest absolute Gasteiger partial charge is 0.321 e. The molecule has 1 aliphatic heterocycles. The van der Waals surface area contributed by atoms with Crippen LogP contribution in [0.5, 0.6) is 0 Å². The molecule has 1 aromatic heterocycles. The van der Waals surface area contributed by atoms with Crippen molar-refractivity contribution in [1.29, 1.82) is 0 Å². The number of aryl methyl sites for hydroxylation is 1. The van der Waals surface area contributed by atoms with Crippen LogP contribution in [0.1, 0.15) is 28.8 Å². The molecule has 130 valence electrons. The number of amides is 2. The molecule has 0 radical (unpaired) electrons. The van der Waals surface area contributed by atoms with Crippen LogP contribution in [0.2, 0.25) is 0 Å². The van der Waals surface area contributed by atoms with Gasteiger partial charge in [-0.15, -0.1) is 0 Å². The lowest BCUT2D eigenvalue weighted by molar-refractivity contribution is -0.117. The van der Waals surface area contributed by atoms with Crippen molar-refractivity contribution in [3.8, 4) is 0 Å². The second-order valence-electron chi connectivity index (χ2n) is 6.48. The maximum atomic E-state index is 12.6. The molecule has 0 spiro atoms. The zero-order chi connectivity index (χ0) is 18.1. The Bertz CT molecular complexity index is 996. The van der Waals surface area contributed by atoms with E-state index in [1.165, 1.54) is 0 Å². The monoisotopic (exact) mass is 345 g/mol. The first kappa shape index (κ1) is 16.3. The van der Waals surface area contributed by atoms with Gasteiger partial charge in [-0.3, -0.25) is 14.6 Å². The predicted molar refractivity (Wildman–Crippen MR) is 102 cm³/mol. The second-order valence-corrected chi connectivity index (χ2v) is 6.48. The van der Waals surface area contributed by atoms with Gasteiger partial charge in [-0.25, -0.2) is 0 Å². The van der Waals surface area contributed by atoms with Crippen LogP contribution in [0.4, 0.5) is 11.4 Å². The maximum Gasteiger partial charge on any atom is 0.255 e. The molecule has 2 aromatic carbocycles. The fourth-order valence-electron chi connectivity index (χ4n) is 3.33. The second kappa shape index (κ2) is 6.59. The van der Waals surface area contributed by atoms with Gasteiger partial charge in [-0.1, -0.05) is 6.07 Å². The van der Waals surface area contributed by atoms with Crippen molar-refractivity contribution in [1.82, 2.24) is 4.98 Å². The van der Waals surface area contributed by atoms with Crippen LogP contribution >= 0.6 is 0 Å². The summed E-state index contributed by atoms with van der Waals surface area (Å²) in [6.07, 6.45) is 3.23. The molecule has 5 heteroatoms. The molecule has 1 aliphatic rings. The quantitative estimate of drug-likeness (QED) is 0.782. The van der Waals surface area contributed by atoms with E-state index in [1.54, 1.807) is 23.2 Å². The zero-order valence-corrected chi connectivity index (χ0v) is 14.5. The number of benzene rings is 2. The number of hydrogen-bond acceptors (Lipinski definition) is 3. The van der Waals surface area contributed by atoms with Crippen molar-refractivity contribution < 1.29 is 9.59 Å². The highest BCUT2D eigenvalue weighted by Crippen LogP contribution is 2.26. The van der Waals surface area contributed by atoms with Crippen molar-refractivity contribution in [2.24, 2.45) is 0 Å². The minimum absolute atomic E-state index is 0.140. The molecule has 2 heterocycles. The van der Waals surface area contributed by atoms with Crippen LogP contribution in [0.25, 0.3) is 10.9 Å². The van der Waals surface area contributed by atoms with Crippen LogP contribution in [0.3, 0.4) is 0 Å². The Morgan fingerprint density at radius 1 is 1.12 bits per heavy atom. The summed E-state index contributed by atoms with van der Waals surface area (Å²) in [5.74, 6) is -0.0425. The normalized spacial score (nSPS) is 14.0. The van der Waals surface area contributed by atoms with Gasteiger partial charge < -0.3 is 10.2 Å². The number of fused-ring (bicyclic) bond motifs is 1. The minimum Gasteiger partial charge on any atom is -0.321 e. The molecule has 0 unspecified atom stereocenters. The Kier molecular flexibility index (Phi) is 4.13. The van der Waals surface area contributed by atoms with Crippen molar-refractivity contribution in [3.63, 3.8) is 0 Å². The average Bonchev–Trinajstić information content (AvgIpc) is 3.10. The molecule has 0 saturated carbocycles. The summed E-state index contributed by atoms with van der Waals surface area (Å²) in [6.45, 7) is 2.74. The molecular formula is C21H19N3O2. The van der Waals surface area contributed by atoms with E-state index in [0.29, 0.717) is 12.0 Å². The summed E-state index contributed by atoms with van der Waals surface area (Å²) < 4.78 is 0. The lowest BCUT2D eigenvalue weighted by Gasteiger charge is -2.16. The maximum absolute atomic E-state index is 12.6. The molecule has 2 amide bonds. The molecule has 3 aromatic rings. The van der Waals surface area contributed by atoms with Crippen LogP contribution in [-0.4, -0.2) is 23.3 Å². The number of pyridine rings is 1. The first-order chi connectivity index (χ1) is 12.6. The minimum atomic E-state index is -0.182. The Hall–Kier alpha value is -3.21. The van der Waals surface area contributed by atoms with Crippen molar-refractivity contribution in [2.75, 3.05) is 16.8 Å². The highest BCUT2D eigenvalue weighted by atomic mass is 16.2. The van der Waals surface area contributed by atoms with Crippen LogP contribution in [0.15, 0.2) is 54.7 Å². The number of nitrogens with one attached hydrogen (secondary N) is 1. The van der Waals surface area contributed by atoms with Crippen LogP contribution in [-0.2, 0) is 4.79 Å². The van der Waals surface area contributed by atoms with Gasteiger partial charge in [0.2, 0.25) is 5.91 Å². The van der Waals surface area contributed by atoms with Crippen LogP contribution in [0, 0.1) is 6.92 Å². The van der Waals surface area contributed by atoms with E-state index in [-0.39, 0.29) is 11.8 Å². The standard InChI is InChI=1S/C21H19N3O2/c1-14-6-11-18(17-4-2-12-22-20(14)17)23-21(26)15-7-9-16(10-8-15)24-13-3-5-19(24)25/h2,4,6-12H,3,5,13H2,1H3,(H,23,26). The Balaban J connectivity index is 1.57. The van der Waals surface area contributed by atoms with E-state index in [2.05, 4.69) is 10.3 Å². The molecule has 1 N–H and O–H groups in total. The smallest absolute Gasteiger partial charge is 0.255 e. The van der Waals surface area contributed by atoms with Gasteiger partial charge in [0.1, 0.15) is 0 Å². The summed E-state index contributed by atoms with van der Waals surface area (Å²) in [7, 11) is 0. The molecule has 1 fully saturated rings. The fraction of sp³-hybridized carbons (Fsp3) is 0.190. The van der Waals surface area contributed by atoms with E-state index >= 15 is 0 Å². The molecule has 26 heavy (non-hydrogen) atoms. The number of anilines is 2. The molecule has 0 atom stereocenters. The van der Waals surface area contributed by atoms with E-state index in [0.717, 1.165) is 40.8 Å². The molecule has 0 bridgehead atoms. The summed E-state index contributed by atoms with van der Waals surface area (Å²) in [5, 5.41) is 3.88. The Morgan fingerprint density at radius 3 is 2.65 bits per heavy atom. The number of rotatable bonds is 3. The van der Waals surface area contributed by atoms with Gasteiger partial charge in [0, 0.05) is 35.8 Å². The molecule has 4 rings (SSSR count). The lowest BCUT2D eigenvalue weighted by atomic mass is 10.1. The number of aromatic nitrogens is 1. The number of hydrogen-bond donors (Lipinski definition) is 1. The topological polar surface area (TPSA) is 62.3 Å². The third kappa shape index (κ3) is 2.92. The Morgan fingerprint density at radius 2 is 1.92 bits per heavy atom. The molecule has 5 nitrogen and oxygen atoms in total. The van der Waals surface area contributed by atoms with Gasteiger partial charge in [-0.2, -0.15) is 0 Å². The Labute approximate surface area is 151 Å². The van der Waals surface area contributed by atoms with Crippen molar-refractivity contribution in [3.05, 3.63) is 65.9 Å². The highest BCUT2D eigenvalue weighted by Gasteiger charge is 2.21. The first-order valence-corrected chi connectivity index (χ1v) is 8.69. The zero-order valence-electron chi connectivity index (χ0n) is 14.5. The number of carbonyl (C=O) groups excluding carboxylic acids is 2. The highest BCUT2D eigenvalue weighted by molar-refractivity contribution is 6.09. The summed E-state index contributed by atoms with van der Waals surface area (Å²) in [6, 6.07) is 14.8. The van der Waals surface area contributed by atoms with E-state index < -0.39 is 0 Å². The third-order valence-corrected chi connectivity index (χ3v) is 4.73. The molecule has 0 aliphatic carbocycles. The van der Waals surface area contributed by atoms with Crippen molar-refractivity contribution >= 4 is 34.1 Å².